The number of carbonyl (C=O) groups excluding carboxylic acids is 1. The fraction of sp³-hybridized carbons (Fsp3) is 0.0357. The molecule has 0 radical (unpaired) electrons. The molecule has 0 spiro atoms. The second-order valence-electron chi connectivity index (χ2n) is 8.04. The van der Waals surface area contributed by atoms with Crippen molar-refractivity contribution in [2.45, 2.75) is 0 Å². The number of aromatic nitrogens is 2. The van der Waals surface area contributed by atoms with Gasteiger partial charge in [-0.25, -0.2) is 0 Å². The minimum Gasteiger partial charge on any atom is -0.321 e. The zero-order valence-electron chi connectivity index (χ0n) is 18.6. The first-order valence-electron chi connectivity index (χ1n) is 10.8. The van der Waals surface area contributed by atoms with E-state index in [4.69, 9.17) is 23.2 Å². The Morgan fingerprint density at radius 1 is 0.914 bits per heavy atom. The number of amides is 1. The van der Waals surface area contributed by atoms with Gasteiger partial charge in [0.25, 0.3) is 11.5 Å². The summed E-state index contributed by atoms with van der Waals surface area (Å²) in [6.45, 7) is 0. The van der Waals surface area contributed by atoms with Crippen molar-refractivity contribution in [1.82, 2.24) is 9.55 Å². The summed E-state index contributed by atoms with van der Waals surface area (Å²) in [4.78, 5) is 30.2. The molecule has 5 aromatic rings. The molecule has 0 aliphatic heterocycles. The van der Waals surface area contributed by atoms with Gasteiger partial charge in [-0.1, -0.05) is 65.7 Å². The van der Waals surface area contributed by atoms with Crippen molar-refractivity contribution in [3.63, 3.8) is 0 Å². The van der Waals surface area contributed by atoms with E-state index in [1.807, 2.05) is 42.5 Å². The average Bonchev–Trinajstić information content (AvgIpc) is 2.89. The maximum atomic E-state index is 13.1. The Hall–Kier alpha value is -3.93. The first-order chi connectivity index (χ1) is 16.9. The van der Waals surface area contributed by atoms with Crippen LogP contribution in [0.1, 0.15) is 10.4 Å². The Morgan fingerprint density at radius 3 is 2.37 bits per heavy atom. The molecular formula is C28H19Cl2N3O2. The number of pyridine rings is 2. The molecule has 7 heteroatoms. The van der Waals surface area contributed by atoms with E-state index in [0.717, 1.165) is 22.0 Å². The molecule has 0 bridgehead atoms. The third-order valence-corrected chi connectivity index (χ3v) is 6.59. The minimum absolute atomic E-state index is 0.187. The highest BCUT2D eigenvalue weighted by atomic mass is 35.5. The third kappa shape index (κ3) is 4.32. The number of hydrogen-bond donors (Lipinski definition) is 1. The molecule has 5 nitrogen and oxygen atoms in total. The summed E-state index contributed by atoms with van der Waals surface area (Å²) in [5.74, 6) is -0.324. The summed E-state index contributed by atoms with van der Waals surface area (Å²) >= 11 is 13.2. The van der Waals surface area contributed by atoms with Gasteiger partial charge in [0.1, 0.15) is 0 Å². The number of benzene rings is 3. The van der Waals surface area contributed by atoms with Crippen molar-refractivity contribution in [3.05, 3.63) is 117 Å². The van der Waals surface area contributed by atoms with Gasteiger partial charge in [0, 0.05) is 36.0 Å². The van der Waals surface area contributed by atoms with Gasteiger partial charge in [-0.3, -0.25) is 14.6 Å². The molecule has 0 saturated carbocycles. The minimum atomic E-state index is -0.324. The first kappa shape index (κ1) is 22.8. The van der Waals surface area contributed by atoms with Crippen molar-refractivity contribution >= 4 is 45.7 Å². The molecule has 5 rings (SSSR count). The van der Waals surface area contributed by atoms with Crippen molar-refractivity contribution in [3.8, 4) is 22.3 Å². The lowest BCUT2D eigenvalue weighted by Crippen LogP contribution is -2.19. The normalized spacial score (nSPS) is 10.9. The SMILES string of the molecule is Cn1c(=O)c(-c2c(Cl)ccc(NC(=O)c3ccc(-c4ccccc4)cc3)c2Cl)cc2cnccc21. The molecule has 2 heterocycles. The van der Waals surface area contributed by atoms with E-state index in [-0.39, 0.29) is 16.5 Å². The van der Waals surface area contributed by atoms with Gasteiger partial charge in [-0.05, 0) is 47.5 Å². The highest BCUT2D eigenvalue weighted by molar-refractivity contribution is 6.41. The van der Waals surface area contributed by atoms with Gasteiger partial charge >= 0.3 is 0 Å². The molecule has 172 valence electrons. The Morgan fingerprint density at radius 2 is 1.63 bits per heavy atom. The van der Waals surface area contributed by atoms with Crippen LogP contribution in [-0.4, -0.2) is 15.5 Å². The van der Waals surface area contributed by atoms with Crippen LogP contribution in [0, 0.1) is 0 Å². The zero-order chi connectivity index (χ0) is 24.5. The van der Waals surface area contributed by atoms with E-state index in [9.17, 15) is 9.59 Å². The number of aryl methyl sites for hydroxylation is 1. The van der Waals surface area contributed by atoms with E-state index in [1.165, 1.54) is 4.57 Å². The fourth-order valence-electron chi connectivity index (χ4n) is 4.04. The Bertz CT molecular complexity index is 1630. The highest BCUT2D eigenvalue weighted by Crippen LogP contribution is 2.39. The predicted octanol–water partition coefficient (Wildman–Crippen LogP) is 6.83. The lowest BCUT2D eigenvalue weighted by atomic mass is 10.0. The number of fused-ring (bicyclic) bond motifs is 1. The van der Waals surface area contributed by atoms with Crippen molar-refractivity contribution in [1.29, 1.82) is 0 Å². The topological polar surface area (TPSA) is 64.0 Å². The van der Waals surface area contributed by atoms with Gasteiger partial charge in [-0.2, -0.15) is 0 Å². The van der Waals surface area contributed by atoms with E-state index >= 15 is 0 Å². The van der Waals surface area contributed by atoms with Crippen LogP contribution in [0.5, 0.6) is 0 Å². The molecule has 1 amide bonds. The lowest BCUT2D eigenvalue weighted by Gasteiger charge is -2.15. The van der Waals surface area contributed by atoms with Crippen LogP contribution in [-0.2, 0) is 7.05 Å². The molecule has 1 N–H and O–H groups in total. The molecule has 0 aliphatic rings. The van der Waals surface area contributed by atoms with Gasteiger partial charge in [0.15, 0.2) is 0 Å². The van der Waals surface area contributed by atoms with E-state index in [2.05, 4.69) is 10.3 Å². The summed E-state index contributed by atoms with van der Waals surface area (Å²) in [6, 6.07) is 23.9. The summed E-state index contributed by atoms with van der Waals surface area (Å²) in [6.07, 6.45) is 3.30. The maximum absolute atomic E-state index is 13.1. The van der Waals surface area contributed by atoms with E-state index < -0.39 is 0 Å². The Labute approximate surface area is 211 Å². The third-order valence-electron chi connectivity index (χ3n) is 5.89. The molecule has 0 atom stereocenters. The van der Waals surface area contributed by atoms with Crippen LogP contribution in [0.25, 0.3) is 33.2 Å². The lowest BCUT2D eigenvalue weighted by molar-refractivity contribution is 0.102. The molecular weight excluding hydrogens is 481 g/mol. The van der Waals surface area contributed by atoms with Gasteiger partial charge in [-0.15, -0.1) is 0 Å². The summed E-state index contributed by atoms with van der Waals surface area (Å²) in [5, 5.41) is 4.11. The number of nitrogens with zero attached hydrogens (tertiary/aromatic N) is 2. The highest BCUT2D eigenvalue weighted by Gasteiger charge is 2.19. The van der Waals surface area contributed by atoms with Gasteiger partial charge in [0.05, 0.1) is 26.8 Å². The van der Waals surface area contributed by atoms with Crippen LogP contribution in [0.4, 0.5) is 5.69 Å². The Balaban J connectivity index is 1.49. The smallest absolute Gasteiger partial charge is 0.258 e. The average molecular weight is 500 g/mol. The standard InChI is InChI=1S/C28H19Cl2N3O2/c1-33-24-13-14-31-16-20(24)15-21(28(33)35)25-22(29)11-12-23(26(25)30)32-27(34)19-9-7-18(8-10-19)17-5-3-2-4-6-17/h2-16H,1H3,(H,32,34). The number of halogens is 2. The van der Waals surface area contributed by atoms with Crippen molar-refractivity contribution < 1.29 is 4.79 Å². The molecule has 2 aromatic heterocycles. The first-order valence-corrected chi connectivity index (χ1v) is 11.6. The second kappa shape index (κ2) is 9.37. The van der Waals surface area contributed by atoms with E-state index in [0.29, 0.717) is 27.4 Å². The van der Waals surface area contributed by atoms with Crippen molar-refractivity contribution in [2.24, 2.45) is 7.05 Å². The van der Waals surface area contributed by atoms with Gasteiger partial charge in [0.2, 0.25) is 0 Å². The van der Waals surface area contributed by atoms with E-state index in [1.54, 1.807) is 55.8 Å². The predicted molar refractivity (Wildman–Crippen MR) is 142 cm³/mol. The maximum Gasteiger partial charge on any atom is 0.258 e. The Kier molecular flexibility index (Phi) is 6.12. The molecule has 0 saturated heterocycles. The number of hydrogen-bond acceptors (Lipinski definition) is 3. The number of rotatable bonds is 4. The largest absolute Gasteiger partial charge is 0.321 e. The van der Waals surface area contributed by atoms with Crippen LogP contribution < -0.4 is 10.9 Å². The molecule has 0 unspecified atom stereocenters. The van der Waals surface area contributed by atoms with Crippen LogP contribution >= 0.6 is 23.2 Å². The molecule has 0 fully saturated rings. The molecule has 3 aromatic carbocycles. The summed E-state index contributed by atoms with van der Waals surface area (Å²) in [5.41, 5.74) is 4.08. The van der Waals surface area contributed by atoms with Gasteiger partial charge < -0.3 is 9.88 Å². The second-order valence-corrected chi connectivity index (χ2v) is 8.82. The fourth-order valence-corrected chi connectivity index (χ4v) is 4.66. The monoisotopic (exact) mass is 499 g/mol. The summed E-state index contributed by atoms with van der Waals surface area (Å²) < 4.78 is 1.53. The molecule has 0 aliphatic carbocycles. The number of nitrogens with one attached hydrogen (secondary N) is 1. The summed E-state index contributed by atoms with van der Waals surface area (Å²) in [7, 11) is 1.68. The quantitative estimate of drug-likeness (QED) is 0.294. The van der Waals surface area contributed by atoms with Crippen LogP contribution in [0.15, 0.2) is 96.1 Å². The zero-order valence-corrected chi connectivity index (χ0v) is 20.1. The van der Waals surface area contributed by atoms with Crippen LogP contribution in [0.2, 0.25) is 10.0 Å². The van der Waals surface area contributed by atoms with Crippen LogP contribution in [0.3, 0.4) is 0 Å². The number of anilines is 1. The van der Waals surface area contributed by atoms with Crippen molar-refractivity contribution in [2.75, 3.05) is 5.32 Å². The molecule has 35 heavy (non-hydrogen) atoms. The number of carbonyl (C=O) groups is 1.